The number of rotatable bonds is 3. The first-order chi connectivity index (χ1) is 8.59. The van der Waals surface area contributed by atoms with Gasteiger partial charge < -0.3 is 10.5 Å². The van der Waals surface area contributed by atoms with E-state index in [1.54, 1.807) is 37.4 Å². The van der Waals surface area contributed by atoms with Crippen molar-refractivity contribution in [1.82, 2.24) is 4.98 Å². The Balaban J connectivity index is 2.41. The number of hydrogen-bond acceptors (Lipinski definition) is 3. The molecule has 0 radical (unpaired) electrons. The Bertz CT molecular complexity index is 555. The maximum Gasteiger partial charge on any atom is 0.148 e. The van der Waals surface area contributed by atoms with Gasteiger partial charge >= 0.3 is 0 Å². The molecule has 1 aromatic carbocycles. The molecule has 0 saturated carbocycles. The van der Waals surface area contributed by atoms with Crippen LogP contribution in [0.5, 0.6) is 11.5 Å². The Morgan fingerprint density at radius 1 is 1.22 bits per heavy atom. The van der Waals surface area contributed by atoms with E-state index in [0.29, 0.717) is 17.1 Å². The van der Waals surface area contributed by atoms with Gasteiger partial charge in [0.05, 0.1) is 5.69 Å². The summed E-state index contributed by atoms with van der Waals surface area (Å²) in [6.45, 7) is 3.56. The van der Waals surface area contributed by atoms with Crippen molar-refractivity contribution >= 4 is 0 Å². The van der Waals surface area contributed by atoms with Crippen LogP contribution < -0.4 is 10.5 Å². The van der Waals surface area contributed by atoms with Crippen molar-refractivity contribution in [2.75, 3.05) is 0 Å². The quantitative estimate of drug-likeness (QED) is 0.903. The van der Waals surface area contributed by atoms with E-state index < -0.39 is 6.04 Å². The van der Waals surface area contributed by atoms with Crippen LogP contribution in [0.15, 0.2) is 36.5 Å². The predicted octanol–water partition coefficient (Wildman–Crippen LogP) is 3.34. The summed E-state index contributed by atoms with van der Waals surface area (Å²) in [6, 6.07) is 7.81. The zero-order chi connectivity index (χ0) is 13.1. The number of hydrogen-bond donors (Lipinski definition) is 1. The summed E-state index contributed by atoms with van der Waals surface area (Å²) in [4.78, 5) is 4.12. The molecule has 94 valence electrons. The van der Waals surface area contributed by atoms with Crippen molar-refractivity contribution in [2.24, 2.45) is 5.73 Å². The molecule has 0 saturated heterocycles. The molecule has 0 unspecified atom stereocenters. The van der Waals surface area contributed by atoms with Crippen LogP contribution in [0.2, 0.25) is 0 Å². The van der Waals surface area contributed by atoms with Crippen molar-refractivity contribution in [2.45, 2.75) is 19.9 Å². The van der Waals surface area contributed by atoms with Crippen molar-refractivity contribution in [3.63, 3.8) is 0 Å². The molecular weight excluding hydrogens is 231 g/mol. The SMILES string of the molecule is Cc1ncccc1Oc1cccc(F)c1[C@@H](C)N. The molecule has 0 amide bonds. The van der Waals surface area contributed by atoms with E-state index in [4.69, 9.17) is 10.5 Å². The molecule has 4 heteroatoms. The minimum Gasteiger partial charge on any atom is -0.455 e. The van der Waals surface area contributed by atoms with Crippen LogP contribution in [0.25, 0.3) is 0 Å². The van der Waals surface area contributed by atoms with Crippen LogP contribution in [0.3, 0.4) is 0 Å². The van der Waals surface area contributed by atoms with E-state index in [9.17, 15) is 4.39 Å². The van der Waals surface area contributed by atoms with Gasteiger partial charge in [-0.1, -0.05) is 6.07 Å². The van der Waals surface area contributed by atoms with E-state index in [1.807, 2.05) is 6.92 Å². The van der Waals surface area contributed by atoms with Crippen LogP contribution >= 0.6 is 0 Å². The largest absolute Gasteiger partial charge is 0.455 e. The topological polar surface area (TPSA) is 48.1 Å². The molecule has 0 spiro atoms. The summed E-state index contributed by atoms with van der Waals surface area (Å²) in [5.41, 5.74) is 6.89. The lowest BCUT2D eigenvalue weighted by Gasteiger charge is -2.15. The minimum atomic E-state index is -0.432. The first-order valence-electron chi connectivity index (χ1n) is 5.73. The second kappa shape index (κ2) is 5.14. The van der Waals surface area contributed by atoms with Gasteiger partial charge in [0.25, 0.3) is 0 Å². The smallest absolute Gasteiger partial charge is 0.148 e. The number of halogens is 1. The van der Waals surface area contributed by atoms with Gasteiger partial charge in [0.1, 0.15) is 17.3 Å². The van der Waals surface area contributed by atoms with Gasteiger partial charge in [-0.2, -0.15) is 0 Å². The normalized spacial score (nSPS) is 12.2. The molecule has 3 nitrogen and oxygen atoms in total. The maximum absolute atomic E-state index is 13.7. The van der Waals surface area contributed by atoms with Gasteiger partial charge in [0.15, 0.2) is 0 Å². The summed E-state index contributed by atoms with van der Waals surface area (Å²) in [5.74, 6) is 0.676. The third kappa shape index (κ3) is 2.49. The minimum absolute atomic E-state index is 0.357. The standard InChI is InChI=1S/C14H15FN2O/c1-9(16)14-11(15)5-3-6-13(14)18-12-7-4-8-17-10(12)2/h3-9H,16H2,1-2H3/t9-/m1/s1. The second-order valence-electron chi connectivity index (χ2n) is 4.13. The summed E-state index contributed by atoms with van der Waals surface area (Å²) in [5, 5.41) is 0. The van der Waals surface area contributed by atoms with Crippen LogP contribution in [0, 0.1) is 12.7 Å². The second-order valence-corrected chi connectivity index (χ2v) is 4.13. The molecule has 2 rings (SSSR count). The summed E-state index contributed by atoms with van der Waals surface area (Å²) >= 11 is 0. The Labute approximate surface area is 105 Å². The zero-order valence-electron chi connectivity index (χ0n) is 10.4. The summed E-state index contributed by atoms with van der Waals surface area (Å²) in [7, 11) is 0. The lowest BCUT2D eigenvalue weighted by molar-refractivity contribution is 0.455. The Hall–Kier alpha value is -1.94. The monoisotopic (exact) mass is 246 g/mol. The fourth-order valence-corrected chi connectivity index (χ4v) is 1.74. The van der Waals surface area contributed by atoms with Crippen molar-refractivity contribution in [3.8, 4) is 11.5 Å². The average Bonchev–Trinajstić information content (AvgIpc) is 2.31. The molecule has 0 fully saturated rings. The van der Waals surface area contributed by atoms with E-state index >= 15 is 0 Å². The molecule has 2 aromatic rings. The Kier molecular flexibility index (Phi) is 3.58. The van der Waals surface area contributed by atoms with Gasteiger partial charge in [0.2, 0.25) is 0 Å². The number of pyridine rings is 1. The summed E-state index contributed by atoms with van der Waals surface area (Å²) < 4.78 is 19.4. The first-order valence-corrected chi connectivity index (χ1v) is 5.73. The highest BCUT2D eigenvalue weighted by molar-refractivity contribution is 5.41. The maximum atomic E-state index is 13.7. The van der Waals surface area contributed by atoms with Crippen LogP contribution in [-0.2, 0) is 0 Å². The van der Waals surface area contributed by atoms with Crippen molar-refractivity contribution in [1.29, 1.82) is 0 Å². The number of nitrogens with two attached hydrogens (primary N) is 1. The lowest BCUT2D eigenvalue weighted by Crippen LogP contribution is -2.09. The molecule has 1 atom stereocenters. The molecule has 0 aliphatic carbocycles. The number of ether oxygens (including phenoxy) is 1. The van der Waals surface area contributed by atoms with Gasteiger partial charge in [-0.05, 0) is 38.1 Å². The molecule has 0 bridgehead atoms. The van der Waals surface area contributed by atoms with Gasteiger partial charge in [-0.3, -0.25) is 4.98 Å². The van der Waals surface area contributed by atoms with Gasteiger partial charge in [-0.15, -0.1) is 0 Å². The Morgan fingerprint density at radius 3 is 2.61 bits per heavy atom. The predicted molar refractivity (Wildman–Crippen MR) is 68.1 cm³/mol. The number of benzene rings is 1. The molecule has 0 aliphatic heterocycles. The molecule has 18 heavy (non-hydrogen) atoms. The first kappa shape index (κ1) is 12.5. The highest BCUT2D eigenvalue weighted by atomic mass is 19.1. The van der Waals surface area contributed by atoms with Crippen LogP contribution in [0.4, 0.5) is 4.39 Å². The van der Waals surface area contributed by atoms with Gasteiger partial charge in [-0.25, -0.2) is 4.39 Å². The van der Waals surface area contributed by atoms with E-state index in [0.717, 1.165) is 5.69 Å². The van der Waals surface area contributed by atoms with Crippen LogP contribution in [0.1, 0.15) is 24.2 Å². The summed E-state index contributed by atoms with van der Waals surface area (Å²) in [6.07, 6.45) is 1.68. The molecule has 1 heterocycles. The van der Waals surface area contributed by atoms with Crippen molar-refractivity contribution in [3.05, 3.63) is 53.6 Å². The molecule has 1 aromatic heterocycles. The fourth-order valence-electron chi connectivity index (χ4n) is 1.74. The highest BCUT2D eigenvalue weighted by Crippen LogP contribution is 2.31. The highest BCUT2D eigenvalue weighted by Gasteiger charge is 2.14. The number of nitrogens with zero attached hydrogens (tertiary/aromatic N) is 1. The van der Waals surface area contributed by atoms with E-state index in [2.05, 4.69) is 4.98 Å². The van der Waals surface area contributed by atoms with Gasteiger partial charge in [0, 0.05) is 17.8 Å². The molecule has 2 N–H and O–H groups in total. The Morgan fingerprint density at radius 2 is 1.94 bits per heavy atom. The zero-order valence-corrected chi connectivity index (χ0v) is 10.4. The fraction of sp³-hybridized carbons (Fsp3) is 0.214. The third-order valence-corrected chi connectivity index (χ3v) is 2.65. The molecular formula is C14H15FN2O. The van der Waals surface area contributed by atoms with Crippen molar-refractivity contribution < 1.29 is 9.13 Å². The number of aromatic nitrogens is 1. The third-order valence-electron chi connectivity index (χ3n) is 2.65. The lowest BCUT2D eigenvalue weighted by atomic mass is 10.1. The average molecular weight is 246 g/mol. The van der Waals surface area contributed by atoms with Crippen LogP contribution in [-0.4, -0.2) is 4.98 Å². The molecule has 0 aliphatic rings. The van der Waals surface area contributed by atoms with E-state index in [-0.39, 0.29) is 5.82 Å². The number of aryl methyl sites for hydroxylation is 1. The van der Waals surface area contributed by atoms with E-state index in [1.165, 1.54) is 6.07 Å².